The second kappa shape index (κ2) is 12.1. The molecule has 0 bridgehead atoms. The van der Waals surface area contributed by atoms with E-state index < -0.39 is 37.5 Å². The second-order valence-corrected chi connectivity index (χ2v) is 16.3. The van der Waals surface area contributed by atoms with Gasteiger partial charge in [-0.15, -0.1) is 0 Å². The minimum Gasteiger partial charge on any atom is -0.450 e. The van der Waals surface area contributed by atoms with Crippen molar-refractivity contribution >= 4 is 48.3 Å². The summed E-state index contributed by atoms with van der Waals surface area (Å²) in [6, 6.07) is 2.64. The maximum atomic E-state index is 14.9. The lowest BCUT2D eigenvalue weighted by Gasteiger charge is -2.18. The Labute approximate surface area is 226 Å². The molecule has 13 heteroatoms. The number of aromatic nitrogens is 2. The van der Waals surface area contributed by atoms with Crippen molar-refractivity contribution in [2.75, 3.05) is 26.0 Å². The summed E-state index contributed by atoms with van der Waals surface area (Å²) < 4.78 is 42.9. The molecule has 0 unspecified atom stereocenters. The van der Waals surface area contributed by atoms with E-state index in [9.17, 15) is 18.4 Å². The summed E-state index contributed by atoms with van der Waals surface area (Å²) >= 11 is 6.42. The van der Waals surface area contributed by atoms with Crippen LogP contribution in [0.5, 0.6) is 11.5 Å². The maximum absolute atomic E-state index is 14.9. The zero-order valence-corrected chi connectivity index (χ0v) is 23.9. The summed E-state index contributed by atoms with van der Waals surface area (Å²) in [5.74, 6) is -3.00. The molecule has 1 atom stereocenters. The molecule has 0 saturated heterocycles. The Hall–Kier alpha value is -3.22. The van der Waals surface area contributed by atoms with Gasteiger partial charge < -0.3 is 29.6 Å². The Kier molecular flexibility index (Phi) is 9.34. The van der Waals surface area contributed by atoms with Gasteiger partial charge in [0.05, 0.1) is 10.4 Å². The number of pyridine rings is 1. The molecule has 0 saturated carbocycles. The first-order valence-corrected chi connectivity index (χ1v) is 16.0. The third kappa shape index (κ3) is 7.42. The highest BCUT2D eigenvalue weighted by Crippen LogP contribution is 2.37. The number of hydrogen-bond acceptors (Lipinski definition) is 5. The molecular weight excluding hydrogens is 536 g/mol. The van der Waals surface area contributed by atoms with Crippen LogP contribution in [-0.2, 0) is 16.3 Å². The van der Waals surface area contributed by atoms with Gasteiger partial charge in [-0.05, 0) is 19.0 Å². The molecule has 206 valence electrons. The van der Waals surface area contributed by atoms with Crippen molar-refractivity contribution in [3.63, 3.8) is 0 Å². The first-order valence-electron chi connectivity index (χ1n) is 11.9. The Bertz CT molecular complexity index is 1310. The summed E-state index contributed by atoms with van der Waals surface area (Å²) in [5, 5.41) is 5.38. The number of nitrogens with zero attached hydrogens (tertiary/aromatic N) is 3. The molecule has 2 N–H and O–H groups in total. The van der Waals surface area contributed by atoms with Crippen molar-refractivity contribution < 1.29 is 27.8 Å². The number of ether oxygens (including phenoxy) is 2. The average molecular weight is 568 g/mol. The fraction of sp³-hybridized carbons (Fsp3) is 0.400. The smallest absolute Gasteiger partial charge is 0.319 e. The third-order valence-electron chi connectivity index (χ3n) is 5.53. The van der Waals surface area contributed by atoms with Gasteiger partial charge in [0.15, 0.2) is 17.4 Å². The molecule has 3 amide bonds. The van der Waals surface area contributed by atoms with Crippen LogP contribution in [0.4, 0.5) is 19.3 Å². The predicted molar refractivity (Wildman–Crippen MR) is 146 cm³/mol. The van der Waals surface area contributed by atoms with Gasteiger partial charge in [0.25, 0.3) is 0 Å². The molecule has 0 aliphatic carbocycles. The number of carbonyl (C=O) groups is 2. The van der Waals surface area contributed by atoms with Crippen molar-refractivity contribution in [1.29, 1.82) is 0 Å². The molecule has 0 spiro atoms. The number of carbonyl (C=O) groups excluding carboxylic acids is 2. The number of likely N-dealkylation sites (N-methyl/N-ethyl adjacent to an activating group) is 1. The van der Waals surface area contributed by atoms with Crippen molar-refractivity contribution in [3.8, 4) is 11.5 Å². The molecule has 2 heterocycles. The normalized spacial score (nSPS) is 12.3. The summed E-state index contributed by atoms with van der Waals surface area (Å²) in [5.41, 5.74) is 0.284. The van der Waals surface area contributed by atoms with Gasteiger partial charge in [0.2, 0.25) is 5.91 Å². The average Bonchev–Trinajstić information content (AvgIpc) is 3.14. The Balaban J connectivity index is 1.76. The molecule has 2 aromatic heterocycles. The molecule has 1 aromatic carbocycles. The van der Waals surface area contributed by atoms with Crippen LogP contribution in [0.15, 0.2) is 30.6 Å². The fourth-order valence-corrected chi connectivity index (χ4v) is 4.57. The van der Waals surface area contributed by atoms with Gasteiger partial charge in [0.1, 0.15) is 24.2 Å². The summed E-state index contributed by atoms with van der Waals surface area (Å²) in [6.07, 6.45) is 3.07. The van der Waals surface area contributed by atoms with Crippen molar-refractivity contribution in [2.24, 2.45) is 0 Å². The molecule has 0 fully saturated rings. The topological polar surface area (TPSA) is 97.7 Å². The summed E-state index contributed by atoms with van der Waals surface area (Å²) in [6.45, 7) is 9.08. The number of rotatable bonds is 10. The van der Waals surface area contributed by atoms with Crippen molar-refractivity contribution in [1.82, 2.24) is 19.8 Å². The lowest BCUT2D eigenvalue weighted by molar-refractivity contribution is -0.130. The molecule has 0 aliphatic heterocycles. The number of fused-ring (bicyclic) bond motifs is 1. The Morgan fingerprint density at radius 2 is 1.87 bits per heavy atom. The first kappa shape index (κ1) is 29.3. The van der Waals surface area contributed by atoms with Crippen LogP contribution in [0.2, 0.25) is 30.7 Å². The van der Waals surface area contributed by atoms with Crippen LogP contribution < -0.4 is 15.4 Å². The lowest BCUT2D eigenvalue weighted by atomic mass is 10.2. The zero-order valence-electron chi connectivity index (χ0n) is 22.2. The fourth-order valence-electron chi connectivity index (χ4n) is 3.52. The van der Waals surface area contributed by atoms with Gasteiger partial charge in [0, 0.05) is 59.0 Å². The van der Waals surface area contributed by atoms with E-state index in [1.54, 1.807) is 24.9 Å². The van der Waals surface area contributed by atoms with E-state index in [1.165, 1.54) is 24.1 Å². The van der Waals surface area contributed by atoms with E-state index in [2.05, 4.69) is 35.3 Å². The van der Waals surface area contributed by atoms with Gasteiger partial charge in [-0.2, -0.15) is 0 Å². The number of halogens is 3. The highest BCUT2D eigenvalue weighted by Gasteiger charge is 2.21. The second-order valence-electron chi connectivity index (χ2n) is 10.2. The highest BCUT2D eigenvalue weighted by atomic mass is 35.5. The largest absolute Gasteiger partial charge is 0.450 e. The van der Waals surface area contributed by atoms with Crippen LogP contribution in [0, 0.1) is 11.6 Å². The van der Waals surface area contributed by atoms with Gasteiger partial charge >= 0.3 is 6.03 Å². The van der Waals surface area contributed by atoms with E-state index in [4.69, 9.17) is 21.1 Å². The minimum absolute atomic E-state index is 0.105. The van der Waals surface area contributed by atoms with Crippen LogP contribution >= 0.6 is 11.6 Å². The van der Waals surface area contributed by atoms with Gasteiger partial charge in [-0.1, -0.05) is 31.2 Å². The molecule has 3 aromatic rings. The number of benzene rings is 1. The van der Waals surface area contributed by atoms with E-state index in [-0.39, 0.29) is 29.1 Å². The Morgan fingerprint density at radius 1 is 1.21 bits per heavy atom. The van der Waals surface area contributed by atoms with E-state index in [1.807, 2.05) is 0 Å². The Morgan fingerprint density at radius 3 is 2.47 bits per heavy atom. The molecular formula is C25H32ClF2N5O4Si. The molecule has 0 radical (unpaired) electrons. The SMILES string of the molecule is C[C@H](NC(=O)Nc1cc(F)c(Oc2ccnc3c2c(Cl)cn3COCC[Si](C)(C)C)c(F)c1)C(=O)N(C)C. The predicted octanol–water partition coefficient (Wildman–Crippen LogP) is 5.67. The number of amides is 3. The first-order chi connectivity index (χ1) is 17.8. The van der Waals surface area contributed by atoms with E-state index >= 15 is 0 Å². The molecule has 9 nitrogen and oxygen atoms in total. The number of anilines is 1. The number of hydrogen-bond donors (Lipinski definition) is 2. The number of urea groups is 1. The van der Waals surface area contributed by atoms with Crippen LogP contribution in [-0.4, -0.2) is 61.2 Å². The molecule has 0 aliphatic rings. The number of nitrogens with one attached hydrogen (secondary N) is 2. The van der Waals surface area contributed by atoms with E-state index in [0.717, 1.165) is 18.2 Å². The molecule has 38 heavy (non-hydrogen) atoms. The zero-order chi connectivity index (χ0) is 28.2. The van der Waals surface area contributed by atoms with Crippen LogP contribution in [0.3, 0.4) is 0 Å². The van der Waals surface area contributed by atoms with Crippen LogP contribution in [0.1, 0.15) is 6.92 Å². The van der Waals surface area contributed by atoms with Crippen LogP contribution in [0.25, 0.3) is 11.0 Å². The van der Waals surface area contributed by atoms with Crippen molar-refractivity contribution in [3.05, 3.63) is 47.2 Å². The van der Waals surface area contributed by atoms with Crippen molar-refractivity contribution in [2.45, 2.75) is 45.4 Å². The van der Waals surface area contributed by atoms with Gasteiger partial charge in [-0.25, -0.2) is 18.6 Å². The summed E-state index contributed by atoms with van der Waals surface area (Å²) in [7, 11) is 1.85. The lowest BCUT2D eigenvalue weighted by Crippen LogP contribution is -2.45. The standard InChI is InChI=1S/C25H32ClF2N5O4Si/c1-15(24(34)32(2)3)30-25(35)31-16-11-18(27)22(19(28)12-16)37-20-7-8-29-23-21(20)17(26)13-33(23)14-36-9-10-38(4,5)6/h7-8,11-13,15H,9-10,14H2,1-6H3,(H2,30,31,35)/t15-/m0/s1. The molecule has 3 rings (SSSR count). The monoisotopic (exact) mass is 567 g/mol. The van der Waals surface area contributed by atoms with E-state index in [0.29, 0.717) is 17.6 Å². The minimum atomic E-state index is -1.25. The highest BCUT2D eigenvalue weighted by molar-refractivity contribution is 6.76. The quantitative estimate of drug-likeness (QED) is 0.243. The third-order valence-corrected chi connectivity index (χ3v) is 7.52. The summed E-state index contributed by atoms with van der Waals surface area (Å²) in [4.78, 5) is 29.7. The van der Waals surface area contributed by atoms with Gasteiger partial charge in [-0.3, -0.25) is 4.79 Å². The maximum Gasteiger partial charge on any atom is 0.319 e.